The second-order valence-corrected chi connectivity index (χ2v) is 3.35. The summed E-state index contributed by atoms with van der Waals surface area (Å²) in [7, 11) is 2.99. The van der Waals surface area contributed by atoms with Crippen molar-refractivity contribution < 1.29 is 19.1 Å². The molecular formula is C10H11NO4. The number of methoxy groups -OCH3 is 2. The largest absolute Gasteiger partial charge is 0.498 e. The van der Waals surface area contributed by atoms with Gasteiger partial charge in [-0.25, -0.2) is 0 Å². The molecule has 2 atom stereocenters. The quantitative estimate of drug-likeness (QED) is 0.636. The summed E-state index contributed by atoms with van der Waals surface area (Å²) in [4.78, 5) is 22.7. The van der Waals surface area contributed by atoms with Gasteiger partial charge in [0.25, 0.3) is 5.91 Å². The molecule has 15 heavy (non-hydrogen) atoms. The van der Waals surface area contributed by atoms with Gasteiger partial charge in [-0.15, -0.1) is 0 Å². The number of carbonyl (C=O) groups is 2. The van der Waals surface area contributed by atoms with E-state index in [9.17, 15) is 9.59 Å². The molecule has 1 amide bonds. The zero-order valence-corrected chi connectivity index (χ0v) is 8.44. The molecule has 5 heteroatoms. The summed E-state index contributed by atoms with van der Waals surface area (Å²) in [5.74, 6) is -1.09. The van der Waals surface area contributed by atoms with Crippen LogP contribution in [0.15, 0.2) is 23.6 Å². The predicted molar refractivity (Wildman–Crippen MR) is 50.6 cm³/mol. The number of amides is 1. The molecule has 1 saturated heterocycles. The molecule has 5 nitrogen and oxygen atoms in total. The first-order chi connectivity index (χ1) is 7.19. The van der Waals surface area contributed by atoms with Crippen molar-refractivity contribution >= 4 is 11.7 Å². The summed E-state index contributed by atoms with van der Waals surface area (Å²) >= 11 is 0. The van der Waals surface area contributed by atoms with Crippen LogP contribution in [0.25, 0.3) is 0 Å². The van der Waals surface area contributed by atoms with E-state index in [1.807, 2.05) is 0 Å². The Hall–Kier alpha value is -1.62. The number of hydrogen-bond donors (Lipinski definition) is 1. The van der Waals surface area contributed by atoms with E-state index in [2.05, 4.69) is 5.32 Å². The number of ether oxygens (including phenoxy) is 2. The highest BCUT2D eigenvalue weighted by Gasteiger charge is 2.45. The van der Waals surface area contributed by atoms with Crippen LogP contribution in [0.2, 0.25) is 0 Å². The van der Waals surface area contributed by atoms with E-state index in [1.165, 1.54) is 14.2 Å². The van der Waals surface area contributed by atoms with E-state index < -0.39 is 23.7 Å². The minimum atomic E-state index is -0.584. The predicted octanol–water partition coefficient (Wildman–Crippen LogP) is -0.256. The van der Waals surface area contributed by atoms with Crippen LogP contribution >= 0.6 is 0 Å². The van der Waals surface area contributed by atoms with E-state index in [0.717, 1.165) is 0 Å². The molecule has 2 rings (SSSR count). The first-order valence-corrected chi connectivity index (χ1v) is 4.52. The minimum absolute atomic E-state index is 0.476. The molecule has 0 aromatic rings. The number of carbonyl (C=O) groups excluding carboxylic acids is 2. The maximum Gasteiger partial charge on any atom is 0.292 e. The van der Waals surface area contributed by atoms with Gasteiger partial charge in [0.2, 0.25) is 5.78 Å². The van der Waals surface area contributed by atoms with Crippen molar-refractivity contribution in [3.8, 4) is 0 Å². The van der Waals surface area contributed by atoms with Gasteiger partial charge in [-0.3, -0.25) is 9.59 Å². The number of fused-ring (bicyclic) bond motifs is 1. The first-order valence-electron chi connectivity index (χ1n) is 4.52. The Labute approximate surface area is 86.7 Å². The van der Waals surface area contributed by atoms with Gasteiger partial charge in [-0.05, 0) is 12.2 Å². The normalized spacial score (nSPS) is 29.2. The van der Waals surface area contributed by atoms with Gasteiger partial charge in [0, 0.05) is 12.8 Å². The summed E-state index contributed by atoms with van der Waals surface area (Å²) in [6, 6.07) is 0. The molecule has 1 aliphatic carbocycles. The number of rotatable bonds is 2. The van der Waals surface area contributed by atoms with Crippen LogP contribution in [0.1, 0.15) is 0 Å². The van der Waals surface area contributed by atoms with Crippen LogP contribution in [0.5, 0.6) is 0 Å². The SMILES string of the molecule is COC1=CC=C2NC(=O)C(=O)C2C1OC. The molecule has 1 heterocycles. The maximum atomic E-state index is 11.6. The van der Waals surface area contributed by atoms with Crippen molar-refractivity contribution in [2.45, 2.75) is 6.10 Å². The molecule has 2 aliphatic rings. The molecule has 1 N–H and O–H groups in total. The van der Waals surface area contributed by atoms with E-state index >= 15 is 0 Å². The fourth-order valence-corrected chi connectivity index (χ4v) is 1.87. The third kappa shape index (κ3) is 1.35. The summed E-state index contributed by atoms with van der Waals surface area (Å²) in [5, 5.41) is 2.51. The Kier molecular flexibility index (Phi) is 2.32. The molecule has 0 bridgehead atoms. The van der Waals surface area contributed by atoms with Gasteiger partial charge in [0.05, 0.1) is 7.11 Å². The molecule has 0 spiro atoms. The van der Waals surface area contributed by atoms with Crippen molar-refractivity contribution in [1.82, 2.24) is 5.32 Å². The van der Waals surface area contributed by atoms with E-state index in [0.29, 0.717) is 11.5 Å². The Balaban J connectivity index is 2.38. The van der Waals surface area contributed by atoms with E-state index in [4.69, 9.17) is 9.47 Å². The highest BCUT2D eigenvalue weighted by Crippen LogP contribution is 2.31. The molecule has 80 valence electrons. The van der Waals surface area contributed by atoms with Crippen LogP contribution in [0, 0.1) is 5.92 Å². The van der Waals surface area contributed by atoms with E-state index in [-0.39, 0.29) is 0 Å². The van der Waals surface area contributed by atoms with Crippen LogP contribution in [0.4, 0.5) is 0 Å². The average molecular weight is 209 g/mol. The van der Waals surface area contributed by atoms with Crippen LogP contribution < -0.4 is 5.32 Å². The lowest BCUT2D eigenvalue weighted by atomic mass is 9.91. The van der Waals surface area contributed by atoms with Gasteiger partial charge < -0.3 is 14.8 Å². The second kappa shape index (κ2) is 3.51. The number of allylic oxidation sites excluding steroid dienone is 2. The average Bonchev–Trinajstić information content (AvgIpc) is 2.54. The van der Waals surface area contributed by atoms with Gasteiger partial charge in [-0.1, -0.05) is 0 Å². The van der Waals surface area contributed by atoms with Crippen molar-refractivity contribution in [2.24, 2.45) is 5.92 Å². The monoisotopic (exact) mass is 209 g/mol. The van der Waals surface area contributed by atoms with Crippen LogP contribution in [0.3, 0.4) is 0 Å². The lowest BCUT2D eigenvalue weighted by Gasteiger charge is -2.25. The molecule has 0 aromatic heterocycles. The third-order valence-electron chi connectivity index (χ3n) is 2.60. The minimum Gasteiger partial charge on any atom is -0.498 e. The second-order valence-electron chi connectivity index (χ2n) is 3.35. The number of hydrogen-bond acceptors (Lipinski definition) is 4. The standard InChI is InChI=1S/C10H11NO4/c1-14-6-4-3-5-7(9(6)15-2)8(12)10(13)11-5/h3-4,7,9H,1-2H3,(H,11,13). The van der Waals surface area contributed by atoms with E-state index in [1.54, 1.807) is 12.2 Å². The van der Waals surface area contributed by atoms with Crippen molar-refractivity contribution in [1.29, 1.82) is 0 Å². The number of Topliss-reactive ketones (excluding diaryl/α,β-unsaturated/α-hetero) is 1. The molecule has 2 unspecified atom stereocenters. The third-order valence-corrected chi connectivity index (χ3v) is 2.60. The molecule has 0 radical (unpaired) electrons. The molecular weight excluding hydrogens is 198 g/mol. The smallest absolute Gasteiger partial charge is 0.292 e. The summed E-state index contributed by atoms with van der Waals surface area (Å²) < 4.78 is 10.3. The Bertz CT molecular complexity index is 383. The summed E-state index contributed by atoms with van der Waals surface area (Å²) in [5.41, 5.74) is 0.581. The van der Waals surface area contributed by atoms with Crippen LogP contribution in [-0.2, 0) is 19.1 Å². The fraction of sp³-hybridized carbons (Fsp3) is 0.400. The lowest BCUT2D eigenvalue weighted by molar-refractivity contribution is -0.138. The van der Waals surface area contributed by atoms with Crippen molar-refractivity contribution in [2.75, 3.05) is 14.2 Å². The highest BCUT2D eigenvalue weighted by atomic mass is 16.5. The van der Waals surface area contributed by atoms with Gasteiger partial charge in [0.15, 0.2) is 0 Å². The van der Waals surface area contributed by atoms with Crippen molar-refractivity contribution in [3.05, 3.63) is 23.6 Å². The summed E-state index contributed by atoms with van der Waals surface area (Å²) in [6.45, 7) is 0. The molecule has 1 fully saturated rings. The lowest BCUT2D eigenvalue weighted by Crippen LogP contribution is -2.33. The van der Waals surface area contributed by atoms with Crippen molar-refractivity contribution in [3.63, 3.8) is 0 Å². The van der Waals surface area contributed by atoms with Gasteiger partial charge >= 0.3 is 0 Å². The van der Waals surface area contributed by atoms with Crippen LogP contribution in [-0.4, -0.2) is 32.0 Å². The van der Waals surface area contributed by atoms with Gasteiger partial charge in [0.1, 0.15) is 17.8 Å². The fourth-order valence-electron chi connectivity index (χ4n) is 1.87. The number of nitrogens with one attached hydrogen (secondary N) is 1. The molecule has 1 aliphatic heterocycles. The highest BCUT2D eigenvalue weighted by molar-refractivity contribution is 6.40. The topological polar surface area (TPSA) is 64.6 Å². The molecule has 0 saturated carbocycles. The summed E-state index contributed by atoms with van der Waals surface area (Å²) in [6.07, 6.45) is 2.85. The number of ketones is 1. The van der Waals surface area contributed by atoms with Gasteiger partial charge in [-0.2, -0.15) is 0 Å². The Morgan fingerprint density at radius 2 is 2.00 bits per heavy atom. The Morgan fingerprint density at radius 1 is 1.27 bits per heavy atom. The Morgan fingerprint density at radius 3 is 2.60 bits per heavy atom. The first kappa shape index (κ1) is 9.92. The zero-order valence-electron chi connectivity index (χ0n) is 8.44. The zero-order chi connectivity index (χ0) is 11.0. The molecule has 0 aromatic carbocycles. The maximum absolute atomic E-state index is 11.6.